The van der Waals surface area contributed by atoms with Crippen LogP contribution in [0.4, 0.5) is 0 Å². The van der Waals surface area contributed by atoms with Gasteiger partial charge in [-0.25, -0.2) is 22.4 Å². The number of halogens is 1. The van der Waals surface area contributed by atoms with Gasteiger partial charge in [0.2, 0.25) is 0 Å². The van der Waals surface area contributed by atoms with Crippen molar-refractivity contribution in [2.75, 3.05) is 0 Å². The number of nitrogens with zero attached hydrogens (tertiary/aromatic N) is 5. The van der Waals surface area contributed by atoms with Crippen molar-refractivity contribution < 1.29 is 8.42 Å². The Labute approximate surface area is 191 Å². The molecule has 0 atom stereocenters. The van der Waals surface area contributed by atoms with Crippen LogP contribution in [-0.4, -0.2) is 26.9 Å². The lowest BCUT2D eigenvalue weighted by Crippen LogP contribution is -2.19. The number of nitriles is 1. The monoisotopic (exact) mass is 467 g/mol. The van der Waals surface area contributed by atoms with E-state index in [2.05, 4.69) is 15.6 Å². The van der Waals surface area contributed by atoms with Gasteiger partial charge in [-0.3, -0.25) is 0 Å². The molecule has 1 aliphatic carbocycles. The minimum Gasteiger partial charge on any atom is -0.323 e. The highest BCUT2D eigenvalue weighted by Crippen LogP contribution is 2.38. The van der Waals surface area contributed by atoms with E-state index in [0.717, 1.165) is 42.4 Å². The van der Waals surface area contributed by atoms with Crippen molar-refractivity contribution in [3.05, 3.63) is 54.6 Å². The Hall–Kier alpha value is -2.89. The molecule has 7 nitrogen and oxygen atoms in total. The van der Waals surface area contributed by atoms with Gasteiger partial charge in [0.1, 0.15) is 11.3 Å². The lowest BCUT2D eigenvalue weighted by atomic mass is 9.84. The third kappa shape index (κ3) is 3.37. The maximum Gasteiger partial charge on any atom is 0.269 e. The van der Waals surface area contributed by atoms with Crippen molar-refractivity contribution in [2.24, 2.45) is 5.92 Å². The predicted octanol–water partition coefficient (Wildman–Crippen LogP) is 5.01. The fourth-order valence-corrected chi connectivity index (χ4v) is 6.33. The summed E-state index contributed by atoms with van der Waals surface area (Å²) in [5.74, 6) is 1.46. The largest absolute Gasteiger partial charge is 0.323 e. The summed E-state index contributed by atoms with van der Waals surface area (Å²) in [6.45, 7) is 0. The standard InChI is InChI=1S/C23H22ClN5O2S/c24-14-21-27-20-15-26-23-19(11-13-28(23)32(30,31)18-4-2-1-3-5-18)22(20)29(21)17-8-6-16(7-9-17)10-12-25/h1-5,11,13,15-17H,6-10,14H2. The van der Waals surface area contributed by atoms with Gasteiger partial charge < -0.3 is 4.57 Å². The minimum atomic E-state index is -3.77. The molecule has 1 fully saturated rings. The van der Waals surface area contributed by atoms with Crippen LogP contribution in [-0.2, 0) is 15.9 Å². The quantitative estimate of drug-likeness (QED) is 0.385. The van der Waals surface area contributed by atoms with Crippen molar-refractivity contribution in [2.45, 2.75) is 48.9 Å². The Morgan fingerprint density at radius 2 is 1.88 bits per heavy atom. The molecule has 3 heterocycles. The molecule has 32 heavy (non-hydrogen) atoms. The Morgan fingerprint density at radius 3 is 2.56 bits per heavy atom. The Bertz CT molecular complexity index is 1430. The van der Waals surface area contributed by atoms with Gasteiger partial charge in [-0.05, 0) is 49.8 Å². The van der Waals surface area contributed by atoms with Crippen LogP contribution < -0.4 is 0 Å². The number of imidazole rings is 1. The second-order valence-electron chi connectivity index (χ2n) is 8.23. The zero-order valence-electron chi connectivity index (χ0n) is 17.4. The smallest absolute Gasteiger partial charge is 0.269 e. The SMILES string of the molecule is N#CCC1CCC(n2c(CCl)nc3cnc4c(ccn4S(=O)(=O)c4ccccc4)c32)CC1. The van der Waals surface area contributed by atoms with Crippen LogP contribution in [0, 0.1) is 17.2 Å². The summed E-state index contributed by atoms with van der Waals surface area (Å²) in [5.41, 5.74) is 1.96. The van der Waals surface area contributed by atoms with Gasteiger partial charge in [0.25, 0.3) is 10.0 Å². The van der Waals surface area contributed by atoms with E-state index in [9.17, 15) is 8.42 Å². The summed E-state index contributed by atoms with van der Waals surface area (Å²) in [6.07, 6.45) is 7.62. The molecule has 4 aromatic rings. The van der Waals surface area contributed by atoms with E-state index >= 15 is 0 Å². The third-order valence-corrected chi connectivity index (χ3v) is 8.30. The molecule has 1 aromatic carbocycles. The van der Waals surface area contributed by atoms with Crippen molar-refractivity contribution in [3.8, 4) is 6.07 Å². The highest BCUT2D eigenvalue weighted by Gasteiger charge is 2.28. The van der Waals surface area contributed by atoms with Crippen molar-refractivity contribution in [1.29, 1.82) is 5.26 Å². The lowest BCUT2D eigenvalue weighted by molar-refractivity contribution is 0.279. The number of rotatable bonds is 5. The second-order valence-corrected chi connectivity index (χ2v) is 10.3. The molecule has 0 amide bonds. The van der Waals surface area contributed by atoms with E-state index in [0.29, 0.717) is 23.5 Å². The molecule has 0 aliphatic heterocycles. The van der Waals surface area contributed by atoms with Gasteiger partial charge in [-0.2, -0.15) is 5.26 Å². The van der Waals surface area contributed by atoms with Crippen molar-refractivity contribution >= 4 is 43.7 Å². The van der Waals surface area contributed by atoms with E-state index in [1.807, 2.05) is 0 Å². The molecule has 0 spiro atoms. The van der Waals surface area contributed by atoms with Crippen molar-refractivity contribution in [1.82, 2.24) is 18.5 Å². The number of aromatic nitrogens is 4. The van der Waals surface area contributed by atoms with Crippen LogP contribution in [0.5, 0.6) is 0 Å². The lowest BCUT2D eigenvalue weighted by Gasteiger charge is -2.29. The van der Waals surface area contributed by atoms with Gasteiger partial charge in [0.05, 0.1) is 28.6 Å². The van der Waals surface area contributed by atoms with Crippen LogP contribution >= 0.6 is 11.6 Å². The average molecular weight is 468 g/mol. The molecule has 0 saturated heterocycles. The van der Waals surface area contributed by atoms with Crippen molar-refractivity contribution in [3.63, 3.8) is 0 Å². The molecular formula is C23H22ClN5O2S. The van der Waals surface area contributed by atoms with Crippen LogP contribution in [0.25, 0.3) is 22.1 Å². The first-order valence-corrected chi connectivity index (χ1v) is 12.6. The number of benzene rings is 1. The van der Waals surface area contributed by atoms with Gasteiger partial charge in [-0.1, -0.05) is 18.2 Å². The van der Waals surface area contributed by atoms with Gasteiger partial charge in [0, 0.05) is 24.0 Å². The Morgan fingerprint density at radius 1 is 1.12 bits per heavy atom. The molecule has 0 bridgehead atoms. The molecule has 0 unspecified atom stereocenters. The third-order valence-electron chi connectivity index (χ3n) is 6.38. The maximum atomic E-state index is 13.2. The van der Waals surface area contributed by atoms with Gasteiger partial charge >= 0.3 is 0 Å². The number of fused-ring (bicyclic) bond motifs is 3. The average Bonchev–Trinajstić information content (AvgIpc) is 3.42. The highest BCUT2D eigenvalue weighted by molar-refractivity contribution is 7.90. The van der Waals surface area contributed by atoms with Crippen LogP contribution in [0.3, 0.4) is 0 Å². The number of hydrogen-bond donors (Lipinski definition) is 0. The Kier molecular flexibility index (Phi) is 5.39. The van der Waals surface area contributed by atoms with E-state index in [1.165, 1.54) is 3.97 Å². The van der Waals surface area contributed by atoms with Gasteiger partial charge in [0.15, 0.2) is 5.65 Å². The molecule has 1 aliphatic rings. The normalized spacial score (nSPS) is 19.4. The summed E-state index contributed by atoms with van der Waals surface area (Å²) in [7, 11) is -3.77. The Balaban J connectivity index is 1.65. The summed E-state index contributed by atoms with van der Waals surface area (Å²) in [4.78, 5) is 9.37. The maximum absolute atomic E-state index is 13.2. The summed E-state index contributed by atoms with van der Waals surface area (Å²) in [5, 5.41) is 9.76. The molecule has 0 N–H and O–H groups in total. The summed E-state index contributed by atoms with van der Waals surface area (Å²) >= 11 is 6.26. The van der Waals surface area contributed by atoms with Crippen LogP contribution in [0.2, 0.25) is 0 Å². The first-order chi connectivity index (χ1) is 15.5. The number of alkyl halides is 1. The zero-order valence-corrected chi connectivity index (χ0v) is 18.9. The second kappa shape index (κ2) is 8.23. The topological polar surface area (TPSA) is 93.6 Å². The number of pyridine rings is 1. The van der Waals surface area contributed by atoms with E-state index < -0.39 is 10.0 Å². The fraction of sp³-hybridized carbons (Fsp3) is 0.348. The predicted molar refractivity (Wildman–Crippen MR) is 123 cm³/mol. The summed E-state index contributed by atoms with van der Waals surface area (Å²) in [6, 6.07) is 12.6. The minimum absolute atomic E-state index is 0.211. The van der Waals surface area contributed by atoms with E-state index in [4.69, 9.17) is 21.8 Å². The summed E-state index contributed by atoms with van der Waals surface area (Å²) < 4.78 is 29.9. The van der Waals surface area contributed by atoms with Crippen LogP contribution in [0.15, 0.2) is 53.7 Å². The number of hydrogen-bond acceptors (Lipinski definition) is 5. The van der Waals surface area contributed by atoms with E-state index in [-0.39, 0.29) is 16.8 Å². The fourth-order valence-electron chi connectivity index (χ4n) is 4.82. The molecule has 1 saturated carbocycles. The molecular weight excluding hydrogens is 446 g/mol. The molecule has 0 radical (unpaired) electrons. The zero-order chi connectivity index (χ0) is 22.3. The molecule has 9 heteroatoms. The first kappa shape index (κ1) is 21.0. The van der Waals surface area contributed by atoms with Gasteiger partial charge in [-0.15, -0.1) is 11.6 Å². The molecule has 3 aromatic heterocycles. The molecule has 5 rings (SSSR count). The molecule has 164 valence electrons. The highest BCUT2D eigenvalue weighted by atomic mass is 35.5. The van der Waals surface area contributed by atoms with E-state index in [1.54, 1.807) is 48.8 Å². The first-order valence-electron chi connectivity index (χ1n) is 10.6. The van der Waals surface area contributed by atoms with Crippen LogP contribution in [0.1, 0.15) is 44.0 Å².